The Morgan fingerprint density at radius 3 is 1.02 bits per heavy atom. The molecule has 4 nitrogen and oxygen atoms in total. The lowest BCUT2D eigenvalue weighted by atomic mass is 9.93. The number of nitrogens with zero attached hydrogens (tertiary/aromatic N) is 4. The maximum atomic E-state index is 14.1. The fraction of sp³-hybridized carbons (Fsp3) is 0.0500. The summed E-state index contributed by atoms with van der Waals surface area (Å²) in [5.74, 6) is -2.91. The average Bonchev–Trinajstić information content (AvgIpc) is 3.59. The molecule has 250 valence electrons. The maximum Gasteiger partial charge on any atom is 0.419 e. The third kappa shape index (κ3) is 5.18. The largest absolute Gasteiger partial charge is 0.419 e. The van der Waals surface area contributed by atoms with Gasteiger partial charge in [0.2, 0.25) is 0 Å². The molecule has 0 heterocycles. The summed E-state index contributed by atoms with van der Waals surface area (Å²) in [6.45, 7) is 0. The highest BCUT2D eigenvalue weighted by molar-refractivity contribution is 6.11. The fourth-order valence-corrected chi connectivity index (χ4v) is 6.74. The van der Waals surface area contributed by atoms with E-state index in [1.54, 1.807) is 24.3 Å². The summed E-state index contributed by atoms with van der Waals surface area (Å²) in [6.07, 6.45) is -9.93. The first-order valence-corrected chi connectivity index (χ1v) is 15.0. The van der Waals surface area contributed by atoms with Crippen LogP contribution in [-0.4, -0.2) is 0 Å². The smallest absolute Gasteiger partial charge is 0.206 e. The minimum Gasteiger partial charge on any atom is -0.206 e. The van der Waals surface area contributed by atoms with Crippen LogP contribution in [0.25, 0.3) is 55.7 Å². The van der Waals surface area contributed by atoms with E-state index in [2.05, 4.69) is 0 Å². The van der Waals surface area contributed by atoms with Crippen molar-refractivity contribution in [2.75, 3.05) is 0 Å². The van der Waals surface area contributed by atoms with Crippen LogP contribution in [0.5, 0.6) is 0 Å². The van der Waals surface area contributed by atoms with Crippen LogP contribution in [0.2, 0.25) is 0 Å². The quantitative estimate of drug-likeness (QED) is 0.132. The topological polar surface area (TPSA) is 95.2 Å². The number of alkyl halides is 6. The van der Waals surface area contributed by atoms with Crippen molar-refractivity contribution in [3.05, 3.63) is 141 Å². The van der Waals surface area contributed by atoms with Crippen LogP contribution in [0, 0.1) is 57.0 Å². The van der Waals surface area contributed by atoms with Gasteiger partial charge in [0.05, 0.1) is 11.1 Å². The van der Waals surface area contributed by atoms with Gasteiger partial charge in [0, 0.05) is 11.1 Å². The molecule has 7 rings (SSSR count). The Morgan fingerprint density at radius 1 is 0.385 bits per heavy atom. The Morgan fingerprint density at radius 2 is 0.692 bits per heavy atom. The van der Waals surface area contributed by atoms with Gasteiger partial charge in [-0.1, -0.05) is 36.4 Å². The van der Waals surface area contributed by atoms with E-state index in [1.807, 2.05) is 24.3 Å². The number of fused-ring (bicyclic) bond motifs is 6. The monoisotopic (exact) mass is 702 g/mol. The molecule has 0 bridgehead atoms. The van der Waals surface area contributed by atoms with Gasteiger partial charge in [0.15, 0.2) is 0 Å². The van der Waals surface area contributed by atoms with E-state index in [1.165, 1.54) is 36.4 Å². The highest BCUT2D eigenvalue weighted by Gasteiger charge is 2.37. The first kappa shape index (κ1) is 33.5. The third-order valence-corrected chi connectivity index (χ3v) is 9.01. The van der Waals surface area contributed by atoms with Gasteiger partial charge < -0.3 is 0 Å². The Labute approximate surface area is 289 Å². The summed E-state index contributed by atoms with van der Waals surface area (Å²) in [5, 5.41) is 39.9. The molecule has 0 amide bonds. The van der Waals surface area contributed by atoms with Crippen molar-refractivity contribution in [1.82, 2.24) is 0 Å². The van der Waals surface area contributed by atoms with E-state index in [4.69, 9.17) is 0 Å². The van der Waals surface area contributed by atoms with E-state index in [9.17, 15) is 56.2 Å². The fourth-order valence-electron chi connectivity index (χ4n) is 6.74. The SMILES string of the molecule is N#CC(C#N)=C1c2cc(-c3ccc(F)c(C(F)(F)F)c3)ccc2-c2cc3c(cc21)-c1ccc(-c2ccc(F)c(C(F)(F)F)c2)cc1C3=C(C#N)C#N. The molecule has 0 N–H and O–H groups in total. The predicted octanol–water partition coefficient (Wildman–Crippen LogP) is 11.0. The molecule has 0 saturated heterocycles. The van der Waals surface area contributed by atoms with E-state index < -0.39 is 35.1 Å². The van der Waals surface area contributed by atoms with Gasteiger partial charge in [-0.3, -0.25) is 0 Å². The second-order valence-electron chi connectivity index (χ2n) is 11.8. The molecular formula is C40H14F8N4. The predicted molar refractivity (Wildman–Crippen MR) is 173 cm³/mol. The zero-order valence-corrected chi connectivity index (χ0v) is 25.9. The standard InChI is InChI=1S/C40H14F8N4/c41-35-7-3-21(11-33(35)39(43,44)45)19-1-5-25-27-13-32-28(14-31(27)37(29(25)9-19)23(15-49)16-50)26-6-2-20(10-30(26)38(32)24(17-51)18-52)22-4-8-36(42)34(12-22)40(46,47)48/h1-14H. The van der Waals surface area contributed by atoms with E-state index >= 15 is 0 Å². The number of rotatable bonds is 2. The van der Waals surface area contributed by atoms with Crippen molar-refractivity contribution >= 4 is 11.1 Å². The van der Waals surface area contributed by atoms with Crippen molar-refractivity contribution in [2.45, 2.75) is 12.4 Å². The lowest BCUT2D eigenvalue weighted by Crippen LogP contribution is -2.08. The molecule has 52 heavy (non-hydrogen) atoms. The lowest BCUT2D eigenvalue weighted by Gasteiger charge is -2.12. The summed E-state index contributed by atoms with van der Waals surface area (Å²) >= 11 is 0. The van der Waals surface area contributed by atoms with E-state index in [-0.39, 0.29) is 44.5 Å². The Balaban J connectivity index is 1.44. The minimum atomic E-state index is -4.97. The number of halogens is 8. The second-order valence-corrected chi connectivity index (χ2v) is 11.8. The van der Waals surface area contributed by atoms with Gasteiger partial charge in [-0.25, -0.2) is 8.78 Å². The van der Waals surface area contributed by atoms with Crippen molar-refractivity contribution in [1.29, 1.82) is 21.0 Å². The summed E-state index contributed by atoms with van der Waals surface area (Å²) in [5.41, 5.74) is 0.567. The summed E-state index contributed by atoms with van der Waals surface area (Å²) in [4.78, 5) is 0. The van der Waals surface area contributed by atoms with Crippen LogP contribution in [0.15, 0.2) is 96.1 Å². The first-order valence-electron chi connectivity index (χ1n) is 15.0. The lowest BCUT2D eigenvalue weighted by molar-refractivity contribution is -0.140. The molecule has 2 aliphatic rings. The number of allylic oxidation sites excluding steroid dienone is 2. The third-order valence-electron chi connectivity index (χ3n) is 9.01. The number of hydrogen-bond acceptors (Lipinski definition) is 4. The molecule has 0 saturated carbocycles. The van der Waals surface area contributed by atoms with Crippen molar-refractivity contribution < 1.29 is 35.1 Å². The molecular weight excluding hydrogens is 688 g/mol. The molecule has 0 spiro atoms. The van der Waals surface area contributed by atoms with Crippen molar-refractivity contribution in [2.24, 2.45) is 0 Å². The summed E-state index contributed by atoms with van der Waals surface area (Å²) in [6, 6.07) is 24.9. The van der Waals surface area contributed by atoms with Crippen LogP contribution >= 0.6 is 0 Å². The molecule has 0 aliphatic heterocycles. The minimum absolute atomic E-state index is 0.0240. The highest BCUT2D eigenvalue weighted by atomic mass is 19.4. The second kappa shape index (κ2) is 11.8. The van der Waals surface area contributed by atoms with Gasteiger partial charge in [-0.2, -0.15) is 47.4 Å². The summed E-state index contributed by atoms with van der Waals surface area (Å²) < 4.78 is 109. The van der Waals surface area contributed by atoms with Gasteiger partial charge in [0.1, 0.15) is 47.1 Å². The van der Waals surface area contributed by atoms with E-state index in [0.717, 1.165) is 0 Å². The van der Waals surface area contributed by atoms with Crippen LogP contribution < -0.4 is 0 Å². The number of benzene rings is 5. The van der Waals surface area contributed by atoms with Crippen LogP contribution in [0.1, 0.15) is 33.4 Å². The first-order chi connectivity index (χ1) is 24.7. The Kier molecular flexibility index (Phi) is 7.60. The molecule has 12 heteroatoms. The molecule has 5 aromatic rings. The van der Waals surface area contributed by atoms with Crippen LogP contribution in [0.3, 0.4) is 0 Å². The number of hydrogen-bond donors (Lipinski definition) is 0. The zero-order chi connectivity index (χ0) is 37.3. The van der Waals surface area contributed by atoms with Crippen LogP contribution in [0.4, 0.5) is 35.1 Å². The normalized spacial score (nSPS) is 12.5. The number of nitriles is 4. The van der Waals surface area contributed by atoms with Gasteiger partial charge in [-0.15, -0.1) is 0 Å². The molecule has 0 atom stereocenters. The maximum absolute atomic E-state index is 14.1. The average molecular weight is 703 g/mol. The molecule has 0 unspecified atom stereocenters. The Hall–Kier alpha value is -7.02. The highest BCUT2D eigenvalue weighted by Crippen LogP contribution is 2.54. The molecule has 0 aromatic heterocycles. The molecule has 5 aromatic carbocycles. The Bertz CT molecular complexity index is 2450. The zero-order valence-electron chi connectivity index (χ0n) is 25.9. The molecule has 0 fully saturated rings. The van der Waals surface area contributed by atoms with Gasteiger partial charge in [-0.05, 0) is 115 Å². The summed E-state index contributed by atoms with van der Waals surface area (Å²) in [7, 11) is 0. The van der Waals surface area contributed by atoms with Crippen molar-refractivity contribution in [3.63, 3.8) is 0 Å². The van der Waals surface area contributed by atoms with Gasteiger partial charge in [0.25, 0.3) is 0 Å². The van der Waals surface area contributed by atoms with E-state index in [0.29, 0.717) is 68.8 Å². The van der Waals surface area contributed by atoms with Crippen molar-refractivity contribution in [3.8, 4) is 68.8 Å². The molecule has 2 aliphatic carbocycles. The molecule has 0 radical (unpaired) electrons. The van der Waals surface area contributed by atoms with Crippen LogP contribution in [-0.2, 0) is 12.4 Å². The van der Waals surface area contributed by atoms with Gasteiger partial charge >= 0.3 is 12.4 Å².